The van der Waals surface area contributed by atoms with Crippen molar-refractivity contribution < 1.29 is 9.90 Å². The van der Waals surface area contributed by atoms with Gasteiger partial charge in [0.2, 0.25) is 0 Å². The molecule has 0 bridgehead atoms. The van der Waals surface area contributed by atoms with E-state index in [1.807, 2.05) is 6.20 Å². The van der Waals surface area contributed by atoms with Gasteiger partial charge in [0.1, 0.15) is 17.7 Å². The monoisotopic (exact) mass is 489 g/mol. The number of likely N-dealkylation sites (tertiary alicyclic amines) is 1. The van der Waals surface area contributed by atoms with Gasteiger partial charge in [-0.15, -0.1) is 0 Å². The van der Waals surface area contributed by atoms with Gasteiger partial charge in [-0.2, -0.15) is 0 Å². The van der Waals surface area contributed by atoms with E-state index in [9.17, 15) is 9.90 Å². The summed E-state index contributed by atoms with van der Waals surface area (Å²) in [5.41, 5.74) is 4.42. The number of unbranched alkanes of at least 4 members (excludes halogenated alkanes) is 2. The summed E-state index contributed by atoms with van der Waals surface area (Å²) in [6.07, 6.45) is 15.6. The number of fused-ring (bicyclic) bond motifs is 1. The van der Waals surface area contributed by atoms with E-state index in [1.165, 1.54) is 49.8 Å². The summed E-state index contributed by atoms with van der Waals surface area (Å²) in [6.45, 7) is 2.75. The summed E-state index contributed by atoms with van der Waals surface area (Å²) in [7, 11) is 0. The van der Waals surface area contributed by atoms with Gasteiger partial charge in [-0.1, -0.05) is 18.9 Å². The van der Waals surface area contributed by atoms with Crippen molar-refractivity contribution in [2.45, 2.75) is 94.9 Å². The fourth-order valence-corrected chi connectivity index (χ4v) is 6.09. The van der Waals surface area contributed by atoms with Gasteiger partial charge < -0.3 is 10.4 Å². The lowest BCUT2D eigenvalue weighted by Gasteiger charge is -2.26. The number of nitrogens with one attached hydrogen (secondary N) is 1. The number of carboxylic acid groups (broad SMARTS) is 1. The number of carboxylic acids is 1. The number of nitrogens with zero attached hydrogens (tertiary/aromatic N) is 4. The van der Waals surface area contributed by atoms with Crippen LogP contribution in [-0.4, -0.2) is 50.6 Å². The van der Waals surface area contributed by atoms with E-state index in [4.69, 9.17) is 9.97 Å². The molecule has 3 fully saturated rings. The first kappa shape index (κ1) is 23.8. The molecule has 2 unspecified atom stereocenters. The molecule has 4 aliphatic rings. The number of hydrogen-bond donors (Lipinski definition) is 2. The Morgan fingerprint density at radius 1 is 1.08 bits per heavy atom. The molecule has 4 heterocycles. The third kappa shape index (κ3) is 5.41. The topological polar surface area (TPSA) is 91.2 Å². The maximum atomic E-state index is 12.4. The average Bonchev–Trinajstić information content (AvgIpc) is 3.82. The molecule has 1 saturated heterocycles. The molecule has 2 N–H and O–H groups in total. The van der Waals surface area contributed by atoms with Crippen molar-refractivity contribution in [3.63, 3.8) is 0 Å². The van der Waals surface area contributed by atoms with Gasteiger partial charge in [0.25, 0.3) is 0 Å². The number of aliphatic carboxylic acids is 1. The number of aryl methyl sites for hydroxylation is 2. The van der Waals surface area contributed by atoms with Crippen LogP contribution in [0.5, 0.6) is 0 Å². The molecule has 2 saturated carbocycles. The van der Waals surface area contributed by atoms with Crippen LogP contribution in [0.25, 0.3) is 0 Å². The molecule has 2 aromatic rings. The number of anilines is 1. The van der Waals surface area contributed by atoms with Gasteiger partial charge in [-0.05, 0) is 88.3 Å². The highest BCUT2D eigenvalue weighted by Gasteiger charge is 2.39. The van der Waals surface area contributed by atoms with Crippen LogP contribution in [0.3, 0.4) is 0 Å². The van der Waals surface area contributed by atoms with Crippen molar-refractivity contribution >= 4 is 11.8 Å². The highest BCUT2D eigenvalue weighted by atomic mass is 16.4. The summed E-state index contributed by atoms with van der Waals surface area (Å²) in [6, 6.07) is 3.83. The summed E-state index contributed by atoms with van der Waals surface area (Å²) >= 11 is 0. The van der Waals surface area contributed by atoms with Crippen LogP contribution < -0.4 is 5.32 Å². The molecule has 6 rings (SSSR count). The van der Waals surface area contributed by atoms with Gasteiger partial charge in [0.05, 0.1) is 5.69 Å². The van der Waals surface area contributed by atoms with Crippen LogP contribution in [0, 0.1) is 5.92 Å². The molecule has 0 spiro atoms. The van der Waals surface area contributed by atoms with Crippen LogP contribution in [0.1, 0.15) is 110 Å². The molecule has 2 aromatic heterocycles. The Labute approximate surface area is 214 Å². The normalized spacial score (nSPS) is 22.7. The van der Waals surface area contributed by atoms with E-state index < -0.39 is 12.0 Å². The molecule has 36 heavy (non-hydrogen) atoms. The smallest absolute Gasteiger partial charge is 0.325 e. The predicted octanol–water partition coefficient (Wildman–Crippen LogP) is 5.24. The zero-order chi connectivity index (χ0) is 24.5. The number of rotatable bonds is 11. The summed E-state index contributed by atoms with van der Waals surface area (Å²) < 4.78 is 0. The van der Waals surface area contributed by atoms with Gasteiger partial charge in [0.15, 0.2) is 0 Å². The van der Waals surface area contributed by atoms with Crippen molar-refractivity contribution in [3.8, 4) is 0 Å². The first-order chi connectivity index (χ1) is 17.7. The van der Waals surface area contributed by atoms with Gasteiger partial charge >= 0.3 is 5.97 Å². The lowest BCUT2D eigenvalue weighted by molar-refractivity contribution is -0.143. The number of hydrogen-bond acceptors (Lipinski definition) is 6. The standard InChI is InChI=1S/C29H39N5O2/c35-29(36)26(24-17-31-28(22-10-11-22)33-25(24)20-8-9-20)34-16-14-19(18-34)5-2-1-3-7-23-13-12-21-6-4-15-30-27(21)32-23/h12-13,17,19-20,22,26H,1-11,14-16,18H2,(H,30,32)(H,35,36). The first-order valence-corrected chi connectivity index (χ1v) is 14.2. The molecule has 7 heteroatoms. The zero-order valence-electron chi connectivity index (χ0n) is 21.3. The first-order valence-electron chi connectivity index (χ1n) is 14.2. The quantitative estimate of drug-likeness (QED) is 0.417. The Hall–Kier alpha value is -2.54. The van der Waals surface area contributed by atoms with Crippen molar-refractivity contribution in [2.24, 2.45) is 5.92 Å². The van der Waals surface area contributed by atoms with Crippen molar-refractivity contribution in [3.05, 3.63) is 46.7 Å². The maximum Gasteiger partial charge on any atom is 0.325 e. The predicted molar refractivity (Wildman–Crippen MR) is 139 cm³/mol. The molecule has 2 aliphatic carbocycles. The molecule has 0 radical (unpaired) electrons. The van der Waals surface area contributed by atoms with Gasteiger partial charge in [-0.25, -0.2) is 15.0 Å². The maximum absolute atomic E-state index is 12.4. The molecule has 2 atom stereocenters. The van der Waals surface area contributed by atoms with Gasteiger partial charge in [0, 0.05) is 42.4 Å². The number of pyridine rings is 1. The molecular formula is C29H39N5O2. The van der Waals surface area contributed by atoms with Gasteiger partial charge in [-0.3, -0.25) is 9.69 Å². The summed E-state index contributed by atoms with van der Waals surface area (Å²) in [4.78, 5) is 28.9. The van der Waals surface area contributed by atoms with E-state index in [0.717, 1.165) is 81.1 Å². The number of aromatic nitrogens is 3. The third-order valence-electron chi connectivity index (χ3n) is 8.48. The highest BCUT2D eigenvalue weighted by Crippen LogP contribution is 2.45. The summed E-state index contributed by atoms with van der Waals surface area (Å²) in [5, 5.41) is 13.6. The molecule has 7 nitrogen and oxygen atoms in total. The lowest BCUT2D eigenvalue weighted by Crippen LogP contribution is -2.33. The Kier molecular flexibility index (Phi) is 6.92. The Bertz CT molecular complexity index is 1100. The number of carbonyl (C=O) groups is 1. The van der Waals surface area contributed by atoms with Crippen LogP contribution in [-0.2, 0) is 17.6 Å². The molecule has 0 amide bonds. The zero-order valence-corrected chi connectivity index (χ0v) is 21.3. The Morgan fingerprint density at radius 2 is 1.94 bits per heavy atom. The van der Waals surface area contributed by atoms with Crippen LogP contribution in [0.2, 0.25) is 0 Å². The van der Waals surface area contributed by atoms with E-state index in [1.54, 1.807) is 0 Å². The minimum atomic E-state index is -0.757. The Morgan fingerprint density at radius 3 is 2.75 bits per heavy atom. The molecule has 2 aliphatic heterocycles. The van der Waals surface area contributed by atoms with Crippen LogP contribution >= 0.6 is 0 Å². The SMILES string of the molecule is O=C(O)C(c1cnc(C2CC2)nc1C1CC1)N1CCC(CCCCCc2ccc3c(n2)NCCC3)C1. The second kappa shape index (κ2) is 10.4. The second-order valence-electron chi connectivity index (χ2n) is 11.4. The molecule has 0 aromatic carbocycles. The average molecular weight is 490 g/mol. The minimum Gasteiger partial charge on any atom is -0.480 e. The van der Waals surface area contributed by atoms with E-state index in [-0.39, 0.29) is 0 Å². The third-order valence-corrected chi connectivity index (χ3v) is 8.48. The second-order valence-corrected chi connectivity index (χ2v) is 11.4. The highest BCUT2D eigenvalue weighted by molar-refractivity contribution is 5.76. The van der Waals surface area contributed by atoms with Crippen LogP contribution in [0.15, 0.2) is 18.3 Å². The fourth-order valence-electron chi connectivity index (χ4n) is 6.09. The van der Waals surface area contributed by atoms with Crippen molar-refractivity contribution in [1.29, 1.82) is 0 Å². The van der Waals surface area contributed by atoms with E-state index in [0.29, 0.717) is 17.8 Å². The molecular weight excluding hydrogens is 450 g/mol. The fraction of sp³-hybridized carbons (Fsp3) is 0.655. The van der Waals surface area contributed by atoms with Crippen molar-refractivity contribution in [2.75, 3.05) is 25.0 Å². The molecule has 192 valence electrons. The minimum absolute atomic E-state index is 0.432. The largest absolute Gasteiger partial charge is 0.480 e. The lowest BCUT2D eigenvalue weighted by atomic mass is 9.99. The Balaban J connectivity index is 1.00. The van der Waals surface area contributed by atoms with E-state index in [2.05, 4.69) is 27.3 Å². The van der Waals surface area contributed by atoms with E-state index >= 15 is 0 Å². The van der Waals surface area contributed by atoms with Crippen molar-refractivity contribution in [1.82, 2.24) is 19.9 Å². The summed E-state index contributed by atoms with van der Waals surface area (Å²) in [5.74, 6) is 2.78. The van der Waals surface area contributed by atoms with Crippen LogP contribution in [0.4, 0.5) is 5.82 Å².